The highest BCUT2D eigenvalue weighted by Gasteiger charge is 2.27. The Morgan fingerprint density at radius 3 is 2.81 bits per heavy atom. The van der Waals surface area contributed by atoms with Crippen LogP contribution in [0.15, 0.2) is 18.3 Å². The molecule has 0 atom stereocenters. The summed E-state index contributed by atoms with van der Waals surface area (Å²) in [6.45, 7) is 6.03. The van der Waals surface area contributed by atoms with Gasteiger partial charge in [-0.2, -0.15) is 0 Å². The molecule has 2 N–H and O–H groups in total. The molecule has 4 nitrogen and oxygen atoms in total. The predicted molar refractivity (Wildman–Crippen MR) is 86.5 cm³/mol. The van der Waals surface area contributed by atoms with Gasteiger partial charge in [0.15, 0.2) is 0 Å². The Morgan fingerprint density at radius 1 is 1.33 bits per heavy atom. The summed E-state index contributed by atoms with van der Waals surface area (Å²) in [6.07, 6.45) is 9.06. The van der Waals surface area contributed by atoms with Crippen molar-refractivity contribution in [3.05, 3.63) is 23.9 Å². The molecule has 116 valence electrons. The fourth-order valence-electron chi connectivity index (χ4n) is 2.90. The predicted octanol–water partition coefficient (Wildman–Crippen LogP) is 3.60. The Bertz CT molecular complexity index is 467. The molecule has 1 fully saturated rings. The van der Waals surface area contributed by atoms with Crippen LogP contribution in [0.5, 0.6) is 0 Å². The van der Waals surface area contributed by atoms with Crippen LogP contribution in [0.25, 0.3) is 0 Å². The van der Waals surface area contributed by atoms with E-state index in [9.17, 15) is 4.79 Å². The molecule has 1 aromatic rings. The summed E-state index contributed by atoms with van der Waals surface area (Å²) in [5.41, 5.74) is 0.951. The quantitative estimate of drug-likeness (QED) is 0.841. The van der Waals surface area contributed by atoms with Crippen molar-refractivity contribution in [3.63, 3.8) is 0 Å². The van der Waals surface area contributed by atoms with Gasteiger partial charge in [0, 0.05) is 24.8 Å². The van der Waals surface area contributed by atoms with Gasteiger partial charge in [-0.15, -0.1) is 0 Å². The molecule has 1 amide bonds. The van der Waals surface area contributed by atoms with Crippen LogP contribution in [-0.4, -0.2) is 24.0 Å². The Balaban J connectivity index is 1.90. The highest BCUT2D eigenvalue weighted by Crippen LogP contribution is 2.34. The van der Waals surface area contributed by atoms with Gasteiger partial charge in [0.2, 0.25) is 0 Å². The van der Waals surface area contributed by atoms with E-state index in [0.717, 1.165) is 25.3 Å². The molecule has 0 aromatic carbocycles. The third-order valence-electron chi connectivity index (χ3n) is 4.31. The Labute approximate surface area is 127 Å². The van der Waals surface area contributed by atoms with E-state index >= 15 is 0 Å². The van der Waals surface area contributed by atoms with Gasteiger partial charge in [-0.05, 0) is 36.8 Å². The van der Waals surface area contributed by atoms with Crippen LogP contribution in [-0.2, 0) is 0 Å². The van der Waals surface area contributed by atoms with E-state index in [2.05, 4.69) is 29.5 Å². The minimum absolute atomic E-state index is 0.00347. The van der Waals surface area contributed by atoms with Crippen molar-refractivity contribution in [1.82, 2.24) is 10.3 Å². The van der Waals surface area contributed by atoms with Crippen molar-refractivity contribution in [1.29, 1.82) is 0 Å². The number of nitrogens with zero attached hydrogens (tertiary/aromatic N) is 1. The maximum absolute atomic E-state index is 12.3. The minimum Gasteiger partial charge on any atom is -0.370 e. The monoisotopic (exact) mass is 289 g/mol. The topological polar surface area (TPSA) is 54.0 Å². The van der Waals surface area contributed by atoms with Crippen molar-refractivity contribution in [2.45, 2.75) is 52.4 Å². The molecule has 1 aromatic heterocycles. The largest absolute Gasteiger partial charge is 0.370 e. The lowest BCUT2D eigenvalue weighted by molar-refractivity contribution is 0.0919. The zero-order valence-corrected chi connectivity index (χ0v) is 13.2. The van der Waals surface area contributed by atoms with Crippen LogP contribution in [0.1, 0.15) is 62.7 Å². The summed E-state index contributed by atoms with van der Waals surface area (Å²) in [5, 5.41) is 6.31. The first-order valence-corrected chi connectivity index (χ1v) is 8.11. The molecule has 1 aliphatic carbocycles. The number of aromatic nitrogens is 1. The number of rotatable bonds is 6. The van der Waals surface area contributed by atoms with Crippen LogP contribution in [0.2, 0.25) is 0 Å². The molecule has 2 rings (SSSR count). The third-order valence-corrected chi connectivity index (χ3v) is 4.31. The molecule has 0 saturated heterocycles. The molecule has 1 saturated carbocycles. The second-order valence-electron chi connectivity index (χ2n) is 6.41. The lowest BCUT2D eigenvalue weighted by Crippen LogP contribution is -2.37. The number of hydrogen-bond acceptors (Lipinski definition) is 3. The normalized spacial score (nSPS) is 17.2. The molecular formula is C17H27N3O. The fourth-order valence-corrected chi connectivity index (χ4v) is 2.90. The smallest absolute Gasteiger partial charge is 0.251 e. The first-order chi connectivity index (χ1) is 10.1. The molecule has 21 heavy (non-hydrogen) atoms. The van der Waals surface area contributed by atoms with E-state index in [1.165, 1.54) is 32.1 Å². The molecule has 0 aliphatic heterocycles. The second kappa shape index (κ2) is 7.43. The molecule has 0 radical (unpaired) electrons. The molecule has 0 spiro atoms. The van der Waals surface area contributed by atoms with Crippen LogP contribution >= 0.6 is 0 Å². The molecule has 1 aliphatic rings. The molecule has 1 heterocycles. The van der Waals surface area contributed by atoms with Crippen molar-refractivity contribution < 1.29 is 4.79 Å². The van der Waals surface area contributed by atoms with E-state index in [0.29, 0.717) is 5.56 Å². The first-order valence-electron chi connectivity index (χ1n) is 8.11. The van der Waals surface area contributed by atoms with Crippen molar-refractivity contribution in [3.8, 4) is 0 Å². The van der Waals surface area contributed by atoms with Crippen molar-refractivity contribution >= 4 is 11.7 Å². The first kappa shape index (κ1) is 15.8. The van der Waals surface area contributed by atoms with Gasteiger partial charge in [0.1, 0.15) is 5.82 Å². The molecular weight excluding hydrogens is 262 g/mol. The number of carbonyl (C=O) groups is 1. The van der Waals surface area contributed by atoms with Gasteiger partial charge in [0.05, 0.1) is 0 Å². The minimum atomic E-state index is 0.00347. The molecule has 0 unspecified atom stereocenters. The van der Waals surface area contributed by atoms with Crippen LogP contribution in [0.4, 0.5) is 5.82 Å². The lowest BCUT2D eigenvalue weighted by Gasteiger charge is -2.33. The van der Waals surface area contributed by atoms with Crippen LogP contribution in [0.3, 0.4) is 0 Å². The summed E-state index contributed by atoms with van der Waals surface area (Å²) < 4.78 is 0. The highest BCUT2D eigenvalue weighted by atomic mass is 16.1. The summed E-state index contributed by atoms with van der Waals surface area (Å²) in [4.78, 5) is 16.5. The van der Waals surface area contributed by atoms with Crippen molar-refractivity contribution in [2.24, 2.45) is 5.41 Å². The standard InChI is InChI=1S/C17H27N3O/c1-3-10-18-15-12-14(7-11-19-15)16(21)20-13-17(2)8-5-4-6-9-17/h7,11-12H,3-6,8-10,13H2,1-2H3,(H,18,19)(H,20,21). The van der Waals surface area contributed by atoms with Crippen LogP contribution < -0.4 is 10.6 Å². The Hall–Kier alpha value is -1.58. The maximum Gasteiger partial charge on any atom is 0.251 e. The van der Waals surface area contributed by atoms with E-state index < -0.39 is 0 Å². The maximum atomic E-state index is 12.3. The third kappa shape index (κ3) is 4.73. The molecule has 0 bridgehead atoms. The van der Waals surface area contributed by atoms with Gasteiger partial charge in [-0.1, -0.05) is 33.1 Å². The summed E-state index contributed by atoms with van der Waals surface area (Å²) in [7, 11) is 0. The number of pyridine rings is 1. The number of amides is 1. The average molecular weight is 289 g/mol. The number of anilines is 1. The van der Waals surface area contributed by atoms with Gasteiger partial charge < -0.3 is 10.6 Å². The fraction of sp³-hybridized carbons (Fsp3) is 0.647. The van der Waals surface area contributed by atoms with E-state index in [4.69, 9.17) is 0 Å². The Kier molecular flexibility index (Phi) is 5.59. The number of nitrogens with one attached hydrogen (secondary N) is 2. The second-order valence-corrected chi connectivity index (χ2v) is 6.41. The number of carbonyl (C=O) groups excluding carboxylic acids is 1. The van der Waals surface area contributed by atoms with Gasteiger partial charge in [0.25, 0.3) is 5.91 Å². The molecule has 4 heteroatoms. The Morgan fingerprint density at radius 2 is 2.10 bits per heavy atom. The zero-order valence-electron chi connectivity index (χ0n) is 13.2. The lowest BCUT2D eigenvalue weighted by atomic mass is 9.76. The van der Waals surface area contributed by atoms with Crippen molar-refractivity contribution in [2.75, 3.05) is 18.4 Å². The van der Waals surface area contributed by atoms with E-state index in [1.807, 2.05) is 6.07 Å². The highest BCUT2D eigenvalue weighted by molar-refractivity contribution is 5.94. The average Bonchev–Trinajstić information content (AvgIpc) is 2.52. The zero-order chi connectivity index (χ0) is 15.1. The van der Waals surface area contributed by atoms with Gasteiger partial charge in [-0.25, -0.2) is 4.98 Å². The van der Waals surface area contributed by atoms with Crippen LogP contribution in [0, 0.1) is 5.41 Å². The van der Waals surface area contributed by atoms with E-state index in [1.54, 1.807) is 12.3 Å². The SMILES string of the molecule is CCCNc1cc(C(=O)NCC2(C)CCCCC2)ccn1. The summed E-state index contributed by atoms with van der Waals surface area (Å²) >= 11 is 0. The van der Waals surface area contributed by atoms with Gasteiger partial charge in [-0.3, -0.25) is 4.79 Å². The summed E-state index contributed by atoms with van der Waals surface area (Å²) in [5.74, 6) is 0.775. The summed E-state index contributed by atoms with van der Waals surface area (Å²) in [6, 6.07) is 3.60. The number of hydrogen-bond donors (Lipinski definition) is 2. The van der Waals surface area contributed by atoms with E-state index in [-0.39, 0.29) is 11.3 Å². The van der Waals surface area contributed by atoms with Gasteiger partial charge >= 0.3 is 0 Å².